The van der Waals surface area contributed by atoms with Crippen LogP contribution < -0.4 is 29.5 Å². The molecule has 0 heterocycles. The van der Waals surface area contributed by atoms with Crippen molar-refractivity contribution in [1.29, 1.82) is 0 Å². The van der Waals surface area contributed by atoms with Crippen LogP contribution >= 0.6 is 0 Å². The van der Waals surface area contributed by atoms with Crippen molar-refractivity contribution in [2.45, 2.75) is 0 Å². The highest BCUT2D eigenvalue weighted by atomic mass is 16.5. The highest BCUT2D eigenvalue weighted by Gasteiger charge is 2.18. The van der Waals surface area contributed by atoms with E-state index in [2.05, 4.69) is 34.1 Å². The van der Waals surface area contributed by atoms with Gasteiger partial charge in [0.15, 0.2) is 0 Å². The van der Waals surface area contributed by atoms with Crippen LogP contribution in [0.25, 0.3) is 0 Å². The van der Waals surface area contributed by atoms with Gasteiger partial charge in [-0.1, -0.05) is 12.1 Å². The fraction of sp³-hybridized carbons (Fsp3) is 0.0909. The molecule has 2 N–H and O–H groups in total. The maximum atomic E-state index is 9.58. The molecule has 0 aliphatic rings. The minimum Gasteiger partial charge on any atom is -0.497 e. The van der Waals surface area contributed by atoms with Gasteiger partial charge >= 0.3 is 7.12 Å². The second-order valence-corrected chi connectivity index (χ2v) is 9.25. The smallest absolute Gasteiger partial charge is 0.488 e. The quantitative estimate of drug-likeness (QED) is 0.198. The molecule has 41 heavy (non-hydrogen) atoms. The zero-order valence-corrected chi connectivity index (χ0v) is 23.1. The number of hydrogen-bond donors (Lipinski definition) is 2. The first-order chi connectivity index (χ1) is 20.0. The van der Waals surface area contributed by atoms with E-state index in [1.165, 1.54) is 0 Å². The first-order valence-corrected chi connectivity index (χ1v) is 13.1. The Kier molecular flexibility index (Phi) is 8.43. The molecule has 0 saturated heterocycles. The third kappa shape index (κ3) is 6.14. The maximum Gasteiger partial charge on any atom is 0.488 e. The fourth-order valence-corrected chi connectivity index (χ4v) is 4.63. The molecule has 0 fully saturated rings. The van der Waals surface area contributed by atoms with Gasteiger partial charge in [-0.2, -0.15) is 0 Å². The number of anilines is 6. The zero-order chi connectivity index (χ0) is 28.8. The topological polar surface area (TPSA) is 74.6 Å². The summed E-state index contributed by atoms with van der Waals surface area (Å²) in [6.07, 6.45) is 0. The molecule has 0 amide bonds. The molecular formula is C33H31BN2O5. The molecule has 8 heteroatoms. The standard InChI is InChI=1S/C33H31BN2O5/c1-39-31-18-12-28(13-19-31)35(25-6-4-24(5-7-25)34(37)38)26-8-10-27(11-9-26)36(29-14-20-32(40-2)21-15-29)30-16-22-33(41-3)23-17-30/h4-23,37-38H,1-3H3. The Morgan fingerprint density at radius 1 is 0.390 bits per heavy atom. The van der Waals surface area contributed by atoms with E-state index in [-0.39, 0.29) is 0 Å². The van der Waals surface area contributed by atoms with Crippen LogP contribution in [0.1, 0.15) is 0 Å². The second-order valence-electron chi connectivity index (χ2n) is 9.25. The zero-order valence-electron chi connectivity index (χ0n) is 23.1. The Labute approximate surface area is 240 Å². The lowest BCUT2D eigenvalue weighted by atomic mass is 9.80. The number of ether oxygens (including phenoxy) is 3. The van der Waals surface area contributed by atoms with Gasteiger partial charge in [-0.15, -0.1) is 0 Å². The Hall–Kier alpha value is -4.92. The Balaban J connectivity index is 1.56. The molecule has 0 radical (unpaired) electrons. The molecule has 0 aliphatic heterocycles. The predicted molar refractivity (Wildman–Crippen MR) is 165 cm³/mol. The lowest BCUT2D eigenvalue weighted by Gasteiger charge is -2.28. The van der Waals surface area contributed by atoms with E-state index in [4.69, 9.17) is 14.2 Å². The number of benzene rings is 5. The van der Waals surface area contributed by atoms with E-state index in [1.807, 2.05) is 84.9 Å². The number of methoxy groups -OCH3 is 3. The molecule has 5 aromatic carbocycles. The van der Waals surface area contributed by atoms with Crippen molar-refractivity contribution in [1.82, 2.24) is 0 Å². The third-order valence-corrected chi connectivity index (χ3v) is 6.81. The minimum atomic E-state index is -1.53. The number of rotatable bonds is 10. The van der Waals surface area contributed by atoms with E-state index < -0.39 is 7.12 Å². The predicted octanol–water partition coefficient (Wildman–Crippen LogP) is 6.33. The van der Waals surface area contributed by atoms with Gasteiger partial charge in [-0.25, -0.2) is 0 Å². The van der Waals surface area contributed by atoms with Gasteiger partial charge in [0, 0.05) is 34.1 Å². The molecule has 0 aliphatic carbocycles. The van der Waals surface area contributed by atoms with E-state index in [0.717, 1.165) is 51.4 Å². The monoisotopic (exact) mass is 546 g/mol. The van der Waals surface area contributed by atoms with Crippen molar-refractivity contribution in [3.63, 3.8) is 0 Å². The summed E-state index contributed by atoms with van der Waals surface area (Å²) in [5.41, 5.74) is 6.08. The van der Waals surface area contributed by atoms with Crippen molar-refractivity contribution >= 4 is 46.7 Å². The van der Waals surface area contributed by atoms with E-state index in [0.29, 0.717) is 5.46 Å². The first-order valence-electron chi connectivity index (χ1n) is 13.1. The summed E-state index contributed by atoms with van der Waals surface area (Å²) in [6, 6.07) is 39.1. The van der Waals surface area contributed by atoms with Crippen LogP contribution in [0.5, 0.6) is 17.2 Å². The van der Waals surface area contributed by atoms with E-state index in [9.17, 15) is 10.0 Å². The van der Waals surface area contributed by atoms with Crippen LogP contribution in [0.15, 0.2) is 121 Å². The van der Waals surface area contributed by atoms with E-state index in [1.54, 1.807) is 33.5 Å². The summed E-state index contributed by atoms with van der Waals surface area (Å²) in [5.74, 6) is 2.33. The SMILES string of the molecule is COc1ccc(N(c2ccc(OC)cc2)c2ccc(N(c3ccc(OC)cc3)c3ccc(B(O)O)cc3)cc2)cc1. The Morgan fingerprint density at radius 2 is 0.610 bits per heavy atom. The highest BCUT2D eigenvalue weighted by molar-refractivity contribution is 6.58. The average molecular weight is 546 g/mol. The van der Waals surface area contributed by atoms with E-state index >= 15 is 0 Å². The molecule has 0 spiro atoms. The fourth-order valence-electron chi connectivity index (χ4n) is 4.63. The number of nitrogens with zero attached hydrogens (tertiary/aromatic N) is 2. The molecular weight excluding hydrogens is 515 g/mol. The average Bonchev–Trinajstić information content (AvgIpc) is 3.03. The van der Waals surface area contributed by atoms with Crippen molar-refractivity contribution in [3.8, 4) is 17.2 Å². The highest BCUT2D eigenvalue weighted by Crippen LogP contribution is 2.39. The Morgan fingerprint density at radius 3 is 0.829 bits per heavy atom. The summed E-state index contributed by atoms with van der Waals surface area (Å²) < 4.78 is 16.1. The third-order valence-electron chi connectivity index (χ3n) is 6.81. The van der Waals surface area contributed by atoms with Gasteiger partial charge in [0.1, 0.15) is 17.2 Å². The minimum absolute atomic E-state index is 0.424. The van der Waals surface area contributed by atoms with Gasteiger partial charge in [-0.3, -0.25) is 0 Å². The summed E-state index contributed by atoms with van der Waals surface area (Å²) in [6.45, 7) is 0. The summed E-state index contributed by atoms with van der Waals surface area (Å²) in [4.78, 5) is 4.26. The lowest BCUT2D eigenvalue weighted by Crippen LogP contribution is -2.29. The molecule has 206 valence electrons. The largest absolute Gasteiger partial charge is 0.497 e. The van der Waals surface area contributed by atoms with Crippen LogP contribution in [-0.4, -0.2) is 38.5 Å². The van der Waals surface area contributed by atoms with Crippen LogP contribution in [0.3, 0.4) is 0 Å². The van der Waals surface area contributed by atoms with Crippen molar-refractivity contribution in [2.24, 2.45) is 0 Å². The van der Waals surface area contributed by atoms with Crippen LogP contribution in [0.4, 0.5) is 34.1 Å². The summed E-state index contributed by atoms with van der Waals surface area (Å²) >= 11 is 0. The van der Waals surface area contributed by atoms with Gasteiger partial charge in [0.05, 0.1) is 21.3 Å². The molecule has 0 saturated carbocycles. The summed E-state index contributed by atoms with van der Waals surface area (Å²) in [7, 11) is 3.42. The summed E-state index contributed by atoms with van der Waals surface area (Å²) in [5, 5.41) is 19.2. The number of hydrogen-bond acceptors (Lipinski definition) is 7. The molecule has 0 bridgehead atoms. The molecule has 0 aromatic heterocycles. The molecule has 0 unspecified atom stereocenters. The second kappa shape index (κ2) is 12.5. The van der Waals surface area contributed by atoms with Crippen LogP contribution in [0.2, 0.25) is 0 Å². The van der Waals surface area contributed by atoms with Crippen molar-refractivity contribution in [2.75, 3.05) is 31.1 Å². The van der Waals surface area contributed by atoms with Crippen LogP contribution in [0, 0.1) is 0 Å². The van der Waals surface area contributed by atoms with Crippen LogP contribution in [-0.2, 0) is 0 Å². The molecule has 5 aromatic rings. The van der Waals surface area contributed by atoms with Crippen molar-refractivity contribution < 1.29 is 24.3 Å². The molecule has 0 atom stereocenters. The lowest BCUT2D eigenvalue weighted by molar-refractivity contribution is 0.414. The first kappa shape index (κ1) is 27.6. The van der Waals surface area contributed by atoms with Gasteiger partial charge < -0.3 is 34.1 Å². The molecule has 7 nitrogen and oxygen atoms in total. The molecule has 5 rings (SSSR count). The van der Waals surface area contributed by atoms with Gasteiger partial charge in [-0.05, 0) is 115 Å². The normalized spacial score (nSPS) is 10.6. The maximum absolute atomic E-state index is 9.58. The van der Waals surface area contributed by atoms with Crippen molar-refractivity contribution in [3.05, 3.63) is 121 Å². The van der Waals surface area contributed by atoms with Gasteiger partial charge in [0.2, 0.25) is 0 Å². The Bertz CT molecular complexity index is 1490. The van der Waals surface area contributed by atoms with Gasteiger partial charge in [0.25, 0.3) is 0 Å².